The summed E-state index contributed by atoms with van der Waals surface area (Å²) in [4.78, 5) is 12.6. The number of methoxy groups -OCH3 is 2. The third kappa shape index (κ3) is 4.62. The first-order valence-electron chi connectivity index (χ1n) is 11.3. The predicted molar refractivity (Wildman–Crippen MR) is 114 cm³/mol. The molecule has 6 nitrogen and oxygen atoms in total. The normalized spacial score (nSPS) is 36.9. The lowest BCUT2D eigenvalue weighted by atomic mass is 9.50. The molecule has 4 fully saturated rings. The Hall–Kier alpha value is -0.950. The minimum atomic E-state index is -0.597. The zero-order valence-electron chi connectivity index (χ0n) is 19.8. The van der Waals surface area contributed by atoms with Crippen molar-refractivity contribution in [1.82, 2.24) is 0 Å². The minimum Gasteiger partial charge on any atom is -0.455 e. The highest BCUT2D eigenvalue weighted by Gasteiger charge is 2.67. The Bertz CT molecular complexity index is 622. The molecular weight excluding hydrogens is 384 g/mol. The highest BCUT2D eigenvalue weighted by Crippen LogP contribution is 2.63. The minimum absolute atomic E-state index is 0.219. The van der Waals surface area contributed by atoms with Crippen LogP contribution in [0.15, 0.2) is 12.2 Å². The first kappa shape index (κ1) is 23.7. The van der Waals surface area contributed by atoms with Crippen LogP contribution in [0, 0.1) is 17.8 Å². The zero-order chi connectivity index (χ0) is 22.3. The smallest absolute Gasteiger partial charge is 0.333 e. The van der Waals surface area contributed by atoms with Crippen molar-refractivity contribution in [3.05, 3.63) is 12.2 Å². The molecule has 0 aromatic heterocycles. The van der Waals surface area contributed by atoms with Gasteiger partial charge < -0.3 is 23.7 Å². The van der Waals surface area contributed by atoms with Gasteiger partial charge in [0.05, 0.1) is 11.2 Å². The molecule has 4 unspecified atom stereocenters. The van der Waals surface area contributed by atoms with Crippen LogP contribution in [-0.2, 0) is 28.5 Å². The summed E-state index contributed by atoms with van der Waals surface area (Å²) in [7, 11) is 3.38. The lowest BCUT2D eigenvalue weighted by Gasteiger charge is -2.65. The van der Waals surface area contributed by atoms with Crippen molar-refractivity contribution >= 4 is 5.97 Å². The first-order chi connectivity index (χ1) is 14.0. The average molecular weight is 425 g/mol. The van der Waals surface area contributed by atoms with Crippen LogP contribution in [0.1, 0.15) is 73.1 Å². The Balaban J connectivity index is 1.95. The lowest BCUT2D eigenvalue weighted by molar-refractivity contribution is -0.342. The van der Waals surface area contributed by atoms with E-state index in [2.05, 4.69) is 34.3 Å². The highest BCUT2D eigenvalue weighted by molar-refractivity contribution is 5.87. The molecule has 4 aliphatic rings. The van der Waals surface area contributed by atoms with Gasteiger partial charge in [-0.25, -0.2) is 4.79 Å². The number of hydrogen-bond acceptors (Lipinski definition) is 6. The van der Waals surface area contributed by atoms with Crippen molar-refractivity contribution in [2.45, 2.75) is 103 Å². The van der Waals surface area contributed by atoms with E-state index in [-0.39, 0.29) is 30.4 Å². The third-order valence-corrected chi connectivity index (χ3v) is 6.86. The molecule has 172 valence electrons. The molecule has 4 rings (SSSR count). The van der Waals surface area contributed by atoms with E-state index in [1.807, 2.05) is 0 Å². The highest BCUT2D eigenvalue weighted by atomic mass is 16.7. The van der Waals surface area contributed by atoms with E-state index < -0.39 is 16.8 Å². The third-order valence-electron chi connectivity index (χ3n) is 6.86. The fourth-order valence-electron chi connectivity index (χ4n) is 6.24. The molecule has 4 aliphatic carbocycles. The van der Waals surface area contributed by atoms with Crippen LogP contribution in [0.5, 0.6) is 0 Å². The fourth-order valence-corrected chi connectivity index (χ4v) is 6.24. The number of carbonyl (C=O) groups excluding carboxylic acids is 1. The number of carbonyl (C=O) groups is 1. The second-order valence-corrected chi connectivity index (χ2v) is 10.7. The largest absolute Gasteiger partial charge is 0.455 e. The van der Waals surface area contributed by atoms with Crippen molar-refractivity contribution in [2.75, 3.05) is 14.2 Å². The Kier molecular flexibility index (Phi) is 6.74. The quantitative estimate of drug-likeness (QED) is 0.290. The van der Waals surface area contributed by atoms with Crippen molar-refractivity contribution in [2.24, 2.45) is 17.8 Å². The van der Waals surface area contributed by atoms with Crippen LogP contribution in [0.3, 0.4) is 0 Å². The van der Waals surface area contributed by atoms with Crippen molar-refractivity contribution in [1.29, 1.82) is 0 Å². The summed E-state index contributed by atoms with van der Waals surface area (Å²) in [5.74, 6) is 0.474. The van der Waals surface area contributed by atoms with E-state index in [0.29, 0.717) is 24.3 Å². The maximum absolute atomic E-state index is 12.6. The summed E-state index contributed by atoms with van der Waals surface area (Å²) >= 11 is 0. The van der Waals surface area contributed by atoms with Gasteiger partial charge in [-0.2, -0.15) is 0 Å². The molecule has 0 saturated heterocycles. The molecule has 0 radical (unpaired) electrons. The monoisotopic (exact) mass is 424 g/mol. The first-order valence-corrected chi connectivity index (χ1v) is 11.3. The maximum Gasteiger partial charge on any atom is 0.333 e. The second kappa shape index (κ2) is 8.53. The van der Waals surface area contributed by atoms with Gasteiger partial charge in [-0.15, -0.1) is 0 Å². The van der Waals surface area contributed by atoms with E-state index in [1.54, 1.807) is 21.1 Å². The number of rotatable bonds is 10. The molecule has 6 heteroatoms. The van der Waals surface area contributed by atoms with E-state index in [0.717, 1.165) is 25.7 Å². The topological polar surface area (TPSA) is 63.2 Å². The Morgan fingerprint density at radius 2 is 1.23 bits per heavy atom. The van der Waals surface area contributed by atoms with Gasteiger partial charge in [0.1, 0.15) is 5.60 Å². The van der Waals surface area contributed by atoms with Gasteiger partial charge >= 0.3 is 5.97 Å². The molecule has 0 aliphatic heterocycles. The van der Waals surface area contributed by atoms with E-state index >= 15 is 0 Å². The average Bonchev–Trinajstić information content (AvgIpc) is 2.62. The van der Waals surface area contributed by atoms with Crippen molar-refractivity contribution in [3.8, 4) is 0 Å². The summed E-state index contributed by atoms with van der Waals surface area (Å²) < 4.78 is 30.8. The molecular formula is C24H40O6. The number of hydrogen-bond donors (Lipinski definition) is 0. The predicted octanol–water partition coefficient (Wildman–Crippen LogP) is 4.61. The molecule has 4 saturated carbocycles. The Labute approximate surface area is 181 Å². The number of ether oxygens (including phenoxy) is 5. The second-order valence-electron chi connectivity index (χ2n) is 10.7. The molecule has 30 heavy (non-hydrogen) atoms. The molecule has 0 spiro atoms. The van der Waals surface area contributed by atoms with E-state index in [9.17, 15) is 4.79 Å². The van der Waals surface area contributed by atoms with E-state index in [1.165, 1.54) is 0 Å². The van der Waals surface area contributed by atoms with Gasteiger partial charge in [0.2, 0.25) is 0 Å². The lowest BCUT2D eigenvalue weighted by Crippen LogP contribution is -2.69. The molecule has 0 amide bonds. The van der Waals surface area contributed by atoms with Gasteiger partial charge in [0, 0.05) is 50.9 Å². The van der Waals surface area contributed by atoms with Gasteiger partial charge in [-0.1, -0.05) is 34.3 Å². The van der Waals surface area contributed by atoms with Crippen LogP contribution in [0.4, 0.5) is 0 Å². The van der Waals surface area contributed by atoms with Crippen LogP contribution in [0.2, 0.25) is 0 Å². The molecule has 0 N–H and O–H groups in total. The fraction of sp³-hybridized carbons (Fsp3) is 0.875. The van der Waals surface area contributed by atoms with E-state index in [4.69, 9.17) is 23.7 Å². The molecule has 0 aromatic rings. The Morgan fingerprint density at radius 1 is 0.833 bits per heavy atom. The van der Waals surface area contributed by atoms with Crippen LogP contribution in [-0.4, -0.2) is 49.6 Å². The summed E-state index contributed by atoms with van der Waals surface area (Å²) in [5, 5.41) is 0. The van der Waals surface area contributed by atoms with Crippen LogP contribution >= 0.6 is 0 Å². The summed E-state index contributed by atoms with van der Waals surface area (Å²) in [6.45, 7) is 13.9. The van der Waals surface area contributed by atoms with Gasteiger partial charge in [0.15, 0.2) is 12.6 Å². The van der Waals surface area contributed by atoms with Crippen LogP contribution < -0.4 is 0 Å². The molecule has 0 heterocycles. The molecule has 0 aromatic carbocycles. The van der Waals surface area contributed by atoms with Gasteiger partial charge in [0.25, 0.3) is 0 Å². The summed E-state index contributed by atoms with van der Waals surface area (Å²) in [6.07, 6.45) is 4.22. The number of esters is 1. The molecule has 4 atom stereocenters. The van der Waals surface area contributed by atoms with Crippen LogP contribution in [0.25, 0.3) is 0 Å². The van der Waals surface area contributed by atoms with Crippen molar-refractivity contribution in [3.63, 3.8) is 0 Å². The Morgan fingerprint density at radius 3 is 1.60 bits per heavy atom. The SMILES string of the molecule is C=C(C)C(=O)OC12CC3CC(OC(OC)C(C)C)(C1)CC(OC(OC)C(C)C)(C3)C2. The maximum atomic E-state index is 12.6. The summed E-state index contributed by atoms with van der Waals surface area (Å²) in [6, 6.07) is 0. The van der Waals surface area contributed by atoms with Crippen molar-refractivity contribution < 1.29 is 28.5 Å². The summed E-state index contributed by atoms with van der Waals surface area (Å²) in [5.41, 5.74) is -1.05. The van der Waals surface area contributed by atoms with Gasteiger partial charge in [-0.3, -0.25) is 0 Å². The zero-order valence-corrected chi connectivity index (χ0v) is 19.8. The van der Waals surface area contributed by atoms with Gasteiger partial charge in [-0.05, 0) is 32.1 Å². The standard InChI is InChI=1S/C24H40O6/c1-15(2)19(25)28-22-9-18-10-23(12-22,29-20(26-7)16(3)4)14-24(11-18,13-22)30-21(27-8)17(5)6/h16-18,20-21H,1,9-14H2,2-8H3. The molecule has 4 bridgehead atoms.